The van der Waals surface area contributed by atoms with Crippen molar-refractivity contribution in [2.75, 3.05) is 13.2 Å². The number of aromatic nitrogens is 1. The summed E-state index contributed by atoms with van der Waals surface area (Å²) < 4.78 is 10.5. The van der Waals surface area contributed by atoms with Gasteiger partial charge in [-0.1, -0.05) is 6.07 Å². The molecule has 0 bridgehead atoms. The number of aromatic carboxylic acids is 1. The maximum atomic E-state index is 10.8. The van der Waals surface area contributed by atoms with Crippen molar-refractivity contribution in [1.29, 1.82) is 0 Å². The molecule has 0 aliphatic rings. The van der Waals surface area contributed by atoms with Crippen LogP contribution in [0.2, 0.25) is 0 Å². The summed E-state index contributed by atoms with van der Waals surface area (Å²) in [7, 11) is 0. The van der Waals surface area contributed by atoms with Crippen LogP contribution >= 0.6 is 0 Å². The van der Waals surface area contributed by atoms with Gasteiger partial charge in [0, 0.05) is 6.61 Å². The predicted octanol–water partition coefficient (Wildman–Crippen LogP) is 2.41. The molecule has 0 aliphatic carbocycles. The van der Waals surface area contributed by atoms with Gasteiger partial charge in [0.1, 0.15) is 5.52 Å². The Bertz CT molecular complexity index is 574. The van der Waals surface area contributed by atoms with E-state index in [1.807, 2.05) is 19.9 Å². The van der Waals surface area contributed by atoms with Crippen LogP contribution in [0.15, 0.2) is 16.5 Å². The first kappa shape index (κ1) is 12.6. The predicted molar refractivity (Wildman–Crippen MR) is 65.9 cm³/mol. The molecule has 18 heavy (non-hydrogen) atoms. The van der Waals surface area contributed by atoms with Gasteiger partial charge >= 0.3 is 11.9 Å². The quantitative estimate of drug-likeness (QED) is 0.824. The third kappa shape index (κ3) is 2.51. The molecule has 0 radical (unpaired) electrons. The van der Waals surface area contributed by atoms with Crippen LogP contribution in [0.1, 0.15) is 28.7 Å². The Morgan fingerprint density at radius 3 is 2.94 bits per heavy atom. The summed E-state index contributed by atoms with van der Waals surface area (Å²) >= 11 is 0. The Hall–Kier alpha value is -1.88. The Labute approximate surface area is 104 Å². The van der Waals surface area contributed by atoms with Gasteiger partial charge in [-0.25, -0.2) is 9.78 Å². The second kappa shape index (κ2) is 5.18. The van der Waals surface area contributed by atoms with Crippen molar-refractivity contribution in [3.8, 4) is 0 Å². The van der Waals surface area contributed by atoms with Gasteiger partial charge in [0.05, 0.1) is 6.61 Å². The molecule has 0 spiro atoms. The fourth-order valence-corrected chi connectivity index (χ4v) is 1.86. The minimum Gasteiger partial charge on any atom is -0.474 e. The van der Waals surface area contributed by atoms with Crippen molar-refractivity contribution in [3.63, 3.8) is 0 Å². The summed E-state index contributed by atoms with van der Waals surface area (Å²) in [5.74, 6) is -1.42. The van der Waals surface area contributed by atoms with Crippen LogP contribution in [-0.2, 0) is 11.2 Å². The summed E-state index contributed by atoms with van der Waals surface area (Å²) in [6, 6.07) is 3.77. The molecule has 5 nitrogen and oxygen atoms in total. The summed E-state index contributed by atoms with van der Waals surface area (Å²) in [6.45, 7) is 5.12. The van der Waals surface area contributed by atoms with E-state index in [4.69, 9.17) is 14.3 Å². The normalized spacial score (nSPS) is 11.0. The van der Waals surface area contributed by atoms with E-state index in [1.165, 1.54) is 0 Å². The van der Waals surface area contributed by atoms with Crippen molar-refractivity contribution in [3.05, 3.63) is 29.2 Å². The zero-order valence-corrected chi connectivity index (χ0v) is 10.4. The van der Waals surface area contributed by atoms with E-state index in [2.05, 4.69) is 4.98 Å². The first-order valence-corrected chi connectivity index (χ1v) is 5.83. The number of hydrogen-bond acceptors (Lipinski definition) is 4. The highest BCUT2D eigenvalue weighted by atomic mass is 16.5. The first-order chi connectivity index (χ1) is 8.61. The lowest BCUT2D eigenvalue weighted by molar-refractivity contribution is 0.0656. The van der Waals surface area contributed by atoms with E-state index in [9.17, 15) is 4.79 Å². The van der Waals surface area contributed by atoms with Gasteiger partial charge in [-0.2, -0.15) is 0 Å². The number of rotatable bonds is 5. The molecule has 96 valence electrons. The molecule has 2 aromatic rings. The molecule has 0 saturated heterocycles. The van der Waals surface area contributed by atoms with E-state index in [-0.39, 0.29) is 5.89 Å². The Balaban J connectivity index is 2.40. The van der Waals surface area contributed by atoms with Crippen molar-refractivity contribution in [2.24, 2.45) is 0 Å². The SMILES string of the molecule is CCOCCc1cc(C)cc2oc(C(=O)O)nc12. The molecule has 1 aromatic heterocycles. The Kier molecular flexibility index (Phi) is 3.62. The van der Waals surface area contributed by atoms with Crippen LogP contribution in [0, 0.1) is 6.92 Å². The van der Waals surface area contributed by atoms with E-state index >= 15 is 0 Å². The van der Waals surface area contributed by atoms with Gasteiger partial charge in [0.25, 0.3) is 0 Å². The molecule has 2 rings (SSSR count). The number of nitrogens with zero attached hydrogens (tertiary/aromatic N) is 1. The number of hydrogen-bond donors (Lipinski definition) is 1. The van der Waals surface area contributed by atoms with E-state index in [1.54, 1.807) is 6.07 Å². The van der Waals surface area contributed by atoms with E-state index in [0.29, 0.717) is 30.7 Å². The number of benzene rings is 1. The number of aryl methyl sites for hydroxylation is 1. The van der Waals surface area contributed by atoms with Gasteiger partial charge in [-0.05, 0) is 37.5 Å². The number of carboxylic acid groups (broad SMARTS) is 1. The van der Waals surface area contributed by atoms with Crippen molar-refractivity contribution >= 4 is 17.1 Å². The zero-order chi connectivity index (χ0) is 13.1. The summed E-state index contributed by atoms with van der Waals surface area (Å²) in [6.07, 6.45) is 0.692. The van der Waals surface area contributed by atoms with Gasteiger partial charge in [0.15, 0.2) is 5.58 Å². The molecule has 1 heterocycles. The molecule has 1 aromatic carbocycles. The van der Waals surface area contributed by atoms with Crippen LogP contribution in [0.25, 0.3) is 11.1 Å². The highest BCUT2D eigenvalue weighted by molar-refractivity contribution is 5.87. The topological polar surface area (TPSA) is 72.6 Å². The second-order valence-electron chi connectivity index (χ2n) is 4.04. The van der Waals surface area contributed by atoms with Crippen molar-refractivity contribution in [2.45, 2.75) is 20.3 Å². The van der Waals surface area contributed by atoms with Crippen LogP contribution in [0.4, 0.5) is 0 Å². The number of fused-ring (bicyclic) bond motifs is 1. The summed E-state index contributed by atoms with van der Waals surface area (Å²) in [4.78, 5) is 14.9. The highest BCUT2D eigenvalue weighted by Crippen LogP contribution is 2.22. The van der Waals surface area contributed by atoms with Crippen LogP contribution in [0.5, 0.6) is 0 Å². The molecule has 0 atom stereocenters. The zero-order valence-electron chi connectivity index (χ0n) is 10.4. The minimum absolute atomic E-state index is 0.270. The van der Waals surface area contributed by atoms with E-state index < -0.39 is 5.97 Å². The second-order valence-corrected chi connectivity index (χ2v) is 4.04. The molecular formula is C13H15NO4. The van der Waals surface area contributed by atoms with Gasteiger partial charge in [0.2, 0.25) is 0 Å². The van der Waals surface area contributed by atoms with Crippen molar-refractivity contribution in [1.82, 2.24) is 4.98 Å². The van der Waals surface area contributed by atoms with Gasteiger partial charge in [-0.15, -0.1) is 0 Å². The fraction of sp³-hybridized carbons (Fsp3) is 0.385. The molecule has 0 saturated carbocycles. The standard InChI is InChI=1S/C13H15NO4/c1-3-17-5-4-9-6-8(2)7-10-11(9)14-12(18-10)13(15)16/h6-7H,3-5H2,1-2H3,(H,15,16). The number of carboxylic acids is 1. The lowest BCUT2D eigenvalue weighted by Gasteiger charge is -2.03. The smallest absolute Gasteiger partial charge is 0.392 e. The fourth-order valence-electron chi connectivity index (χ4n) is 1.86. The third-order valence-corrected chi connectivity index (χ3v) is 2.62. The molecule has 0 aliphatic heterocycles. The molecule has 0 fully saturated rings. The Morgan fingerprint density at radius 1 is 1.50 bits per heavy atom. The first-order valence-electron chi connectivity index (χ1n) is 5.83. The largest absolute Gasteiger partial charge is 0.474 e. The van der Waals surface area contributed by atoms with Gasteiger partial charge in [-0.3, -0.25) is 0 Å². The lowest BCUT2D eigenvalue weighted by atomic mass is 10.1. The monoisotopic (exact) mass is 249 g/mol. The number of oxazole rings is 1. The molecule has 1 N–H and O–H groups in total. The number of carbonyl (C=O) groups is 1. The third-order valence-electron chi connectivity index (χ3n) is 2.62. The maximum absolute atomic E-state index is 10.8. The highest BCUT2D eigenvalue weighted by Gasteiger charge is 2.15. The molecule has 0 amide bonds. The van der Waals surface area contributed by atoms with E-state index in [0.717, 1.165) is 11.1 Å². The number of ether oxygens (including phenoxy) is 1. The minimum atomic E-state index is -1.15. The summed E-state index contributed by atoms with van der Waals surface area (Å²) in [5.41, 5.74) is 3.09. The molecular weight excluding hydrogens is 234 g/mol. The molecule has 0 unspecified atom stereocenters. The average Bonchev–Trinajstić information content (AvgIpc) is 2.73. The van der Waals surface area contributed by atoms with Crippen molar-refractivity contribution < 1.29 is 19.1 Å². The van der Waals surface area contributed by atoms with Crippen LogP contribution in [0.3, 0.4) is 0 Å². The lowest BCUT2D eigenvalue weighted by Crippen LogP contribution is -1.99. The van der Waals surface area contributed by atoms with Crippen LogP contribution in [-0.4, -0.2) is 29.3 Å². The molecule has 5 heteroatoms. The van der Waals surface area contributed by atoms with Crippen LogP contribution < -0.4 is 0 Å². The van der Waals surface area contributed by atoms with Gasteiger partial charge < -0.3 is 14.3 Å². The maximum Gasteiger partial charge on any atom is 0.392 e. The Morgan fingerprint density at radius 2 is 2.28 bits per heavy atom. The summed E-state index contributed by atoms with van der Waals surface area (Å²) in [5, 5.41) is 8.88. The average molecular weight is 249 g/mol.